The molecule has 0 unspecified atom stereocenters. The average molecular weight is 277 g/mol. The number of nitrogens with zero attached hydrogens (tertiary/aromatic N) is 2. The zero-order valence-corrected chi connectivity index (χ0v) is 12.2. The van der Waals surface area contributed by atoms with Gasteiger partial charge in [0.05, 0.1) is 5.69 Å². The monoisotopic (exact) mass is 277 g/mol. The van der Waals surface area contributed by atoms with Gasteiger partial charge in [-0.05, 0) is 35.9 Å². The molecule has 0 bridgehead atoms. The fourth-order valence-electron chi connectivity index (χ4n) is 2.36. The smallest absolute Gasteiger partial charge is 0.159 e. The molecule has 0 aliphatic carbocycles. The van der Waals surface area contributed by atoms with Gasteiger partial charge in [0.2, 0.25) is 0 Å². The Morgan fingerprint density at radius 1 is 1.00 bits per heavy atom. The number of aromatic nitrogens is 2. The first kappa shape index (κ1) is 13.7. The summed E-state index contributed by atoms with van der Waals surface area (Å²) in [6.07, 6.45) is 2.96. The Balaban J connectivity index is 1.89. The van der Waals surface area contributed by atoms with Crippen molar-refractivity contribution >= 4 is 10.8 Å². The van der Waals surface area contributed by atoms with Crippen molar-refractivity contribution in [2.24, 2.45) is 0 Å². The van der Waals surface area contributed by atoms with E-state index in [1.165, 1.54) is 10.8 Å². The van der Waals surface area contributed by atoms with E-state index >= 15 is 0 Å². The van der Waals surface area contributed by atoms with Gasteiger partial charge >= 0.3 is 0 Å². The molecule has 3 aromatic rings. The predicted octanol–water partition coefficient (Wildman–Crippen LogP) is 3.80. The quantitative estimate of drug-likeness (QED) is 0.721. The summed E-state index contributed by atoms with van der Waals surface area (Å²) in [6, 6.07) is 16.7. The fraction of sp³-hybridized carbons (Fsp3) is 0.222. The summed E-state index contributed by atoms with van der Waals surface area (Å²) in [5.41, 5.74) is 2.09. The Morgan fingerprint density at radius 2 is 1.86 bits per heavy atom. The summed E-state index contributed by atoms with van der Waals surface area (Å²) in [7, 11) is 0. The van der Waals surface area contributed by atoms with Crippen molar-refractivity contribution < 1.29 is 0 Å². The lowest BCUT2D eigenvalue weighted by Gasteiger charge is -2.06. The van der Waals surface area contributed by atoms with Gasteiger partial charge in [-0.3, -0.25) is 0 Å². The normalized spacial score (nSPS) is 10.9. The lowest BCUT2D eigenvalue weighted by molar-refractivity contribution is 0.663. The third kappa shape index (κ3) is 3.26. The molecule has 1 aromatic heterocycles. The van der Waals surface area contributed by atoms with Crippen LogP contribution in [0.25, 0.3) is 22.2 Å². The van der Waals surface area contributed by atoms with E-state index in [-0.39, 0.29) is 0 Å². The highest BCUT2D eigenvalue weighted by molar-refractivity contribution is 5.86. The van der Waals surface area contributed by atoms with Crippen LogP contribution in [0.15, 0.2) is 54.7 Å². The van der Waals surface area contributed by atoms with Crippen LogP contribution >= 0.6 is 0 Å². The van der Waals surface area contributed by atoms with Gasteiger partial charge in [0.1, 0.15) is 0 Å². The highest BCUT2D eigenvalue weighted by Gasteiger charge is 2.04. The maximum Gasteiger partial charge on any atom is 0.159 e. The van der Waals surface area contributed by atoms with Gasteiger partial charge in [-0.2, -0.15) is 0 Å². The second-order valence-corrected chi connectivity index (χ2v) is 5.11. The summed E-state index contributed by atoms with van der Waals surface area (Å²) in [5.74, 6) is 0.788. The van der Waals surface area contributed by atoms with Crippen LogP contribution in [0.3, 0.4) is 0 Å². The van der Waals surface area contributed by atoms with E-state index in [2.05, 4.69) is 64.7 Å². The Labute approximate surface area is 125 Å². The molecule has 21 heavy (non-hydrogen) atoms. The number of fused-ring (bicyclic) bond motifs is 1. The third-order valence-electron chi connectivity index (χ3n) is 3.45. The molecule has 0 spiro atoms. The van der Waals surface area contributed by atoms with Gasteiger partial charge in [0.15, 0.2) is 5.82 Å². The van der Waals surface area contributed by atoms with Crippen molar-refractivity contribution in [1.29, 1.82) is 0 Å². The molecule has 0 saturated heterocycles. The molecule has 0 aliphatic heterocycles. The average Bonchev–Trinajstić information content (AvgIpc) is 2.55. The van der Waals surface area contributed by atoms with Crippen LogP contribution in [0.5, 0.6) is 0 Å². The predicted molar refractivity (Wildman–Crippen MR) is 87.0 cm³/mol. The van der Waals surface area contributed by atoms with Crippen LogP contribution in [0.4, 0.5) is 0 Å². The van der Waals surface area contributed by atoms with Crippen molar-refractivity contribution in [1.82, 2.24) is 15.3 Å². The van der Waals surface area contributed by atoms with E-state index in [1.54, 1.807) is 0 Å². The lowest BCUT2D eigenvalue weighted by atomic mass is 10.1. The lowest BCUT2D eigenvalue weighted by Crippen LogP contribution is -2.15. The fourth-order valence-corrected chi connectivity index (χ4v) is 2.36. The molecule has 2 aromatic carbocycles. The molecular formula is C18H19N3. The third-order valence-corrected chi connectivity index (χ3v) is 3.45. The first-order valence-corrected chi connectivity index (χ1v) is 7.38. The van der Waals surface area contributed by atoms with E-state index < -0.39 is 0 Å². The van der Waals surface area contributed by atoms with Gasteiger partial charge in [-0.1, -0.05) is 43.3 Å². The summed E-state index contributed by atoms with van der Waals surface area (Å²) in [4.78, 5) is 9.05. The SMILES string of the molecule is CCCNCc1ccnc(-c2ccc3ccccc3c2)n1. The minimum Gasteiger partial charge on any atom is -0.311 e. The highest BCUT2D eigenvalue weighted by atomic mass is 14.9. The standard InChI is InChI=1S/C18H19N3/c1-2-10-19-13-17-9-11-20-18(21-17)16-8-7-14-5-3-4-6-15(14)12-16/h3-9,11-12,19H,2,10,13H2,1H3. The number of hydrogen-bond acceptors (Lipinski definition) is 3. The van der Waals surface area contributed by atoms with Crippen molar-refractivity contribution in [3.8, 4) is 11.4 Å². The van der Waals surface area contributed by atoms with E-state index in [4.69, 9.17) is 0 Å². The minimum atomic E-state index is 0.788. The molecule has 0 amide bonds. The maximum atomic E-state index is 4.65. The summed E-state index contributed by atoms with van der Waals surface area (Å²) in [6.45, 7) is 3.96. The molecule has 106 valence electrons. The number of hydrogen-bond donors (Lipinski definition) is 1. The van der Waals surface area contributed by atoms with Gasteiger partial charge in [-0.25, -0.2) is 9.97 Å². The molecule has 3 heteroatoms. The largest absolute Gasteiger partial charge is 0.311 e. The van der Waals surface area contributed by atoms with E-state index in [0.717, 1.165) is 36.6 Å². The molecule has 3 rings (SSSR count). The van der Waals surface area contributed by atoms with Crippen LogP contribution in [0.1, 0.15) is 19.0 Å². The van der Waals surface area contributed by atoms with Crippen molar-refractivity contribution in [3.63, 3.8) is 0 Å². The molecule has 1 N–H and O–H groups in total. The van der Waals surface area contributed by atoms with Gasteiger partial charge in [0.25, 0.3) is 0 Å². The van der Waals surface area contributed by atoms with Gasteiger partial charge in [0, 0.05) is 18.3 Å². The van der Waals surface area contributed by atoms with E-state index in [0.29, 0.717) is 0 Å². The Hall–Kier alpha value is -2.26. The number of nitrogens with one attached hydrogen (secondary N) is 1. The second kappa shape index (κ2) is 6.46. The zero-order valence-electron chi connectivity index (χ0n) is 12.2. The van der Waals surface area contributed by atoms with Crippen LogP contribution in [-0.4, -0.2) is 16.5 Å². The van der Waals surface area contributed by atoms with Gasteiger partial charge in [-0.15, -0.1) is 0 Å². The summed E-state index contributed by atoms with van der Waals surface area (Å²) < 4.78 is 0. The molecule has 1 heterocycles. The van der Waals surface area contributed by atoms with Gasteiger partial charge < -0.3 is 5.32 Å². The van der Waals surface area contributed by atoms with Crippen molar-refractivity contribution in [2.75, 3.05) is 6.54 Å². The van der Waals surface area contributed by atoms with Crippen molar-refractivity contribution in [3.05, 3.63) is 60.4 Å². The summed E-state index contributed by atoms with van der Waals surface area (Å²) in [5, 5.41) is 5.82. The Bertz CT molecular complexity index is 737. The maximum absolute atomic E-state index is 4.65. The van der Waals surface area contributed by atoms with Crippen LogP contribution in [0, 0.1) is 0 Å². The van der Waals surface area contributed by atoms with Crippen LogP contribution in [-0.2, 0) is 6.54 Å². The molecule has 0 saturated carbocycles. The Kier molecular flexibility index (Phi) is 4.22. The highest BCUT2D eigenvalue weighted by Crippen LogP contribution is 2.21. The molecule has 0 aliphatic rings. The second-order valence-electron chi connectivity index (χ2n) is 5.11. The van der Waals surface area contributed by atoms with Crippen LogP contribution in [0.2, 0.25) is 0 Å². The molecule has 0 fully saturated rings. The van der Waals surface area contributed by atoms with E-state index in [1.807, 2.05) is 12.3 Å². The molecular weight excluding hydrogens is 258 g/mol. The number of benzene rings is 2. The molecule has 3 nitrogen and oxygen atoms in total. The molecule has 0 atom stereocenters. The first-order chi connectivity index (χ1) is 10.4. The zero-order chi connectivity index (χ0) is 14.5. The topological polar surface area (TPSA) is 37.8 Å². The minimum absolute atomic E-state index is 0.788. The van der Waals surface area contributed by atoms with Crippen molar-refractivity contribution in [2.45, 2.75) is 19.9 Å². The number of rotatable bonds is 5. The summed E-state index contributed by atoms with van der Waals surface area (Å²) >= 11 is 0. The van der Waals surface area contributed by atoms with Crippen LogP contribution < -0.4 is 5.32 Å². The first-order valence-electron chi connectivity index (χ1n) is 7.38. The molecule has 0 radical (unpaired) electrons. The van der Waals surface area contributed by atoms with E-state index in [9.17, 15) is 0 Å². The Morgan fingerprint density at radius 3 is 2.71 bits per heavy atom.